The van der Waals surface area contributed by atoms with Crippen LogP contribution in [0.1, 0.15) is 64.9 Å². The highest BCUT2D eigenvalue weighted by Gasteiger charge is 2.39. The monoisotopic (exact) mass is 532 g/mol. The molecule has 1 aliphatic carbocycles. The maximum atomic E-state index is 13.3. The van der Waals surface area contributed by atoms with Crippen LogP contribution in [0, 0.1) is 5.92 Å². The van der Waals surface area contributed by atoms with Gasteiger partial charge in [-0.15, -0.1) is 11.3 Å². The highest BCUT2D eigenvalue weighted by molar-refractivity contribution is 7.89. The fourth-order valence-electron chi connectivity index (χ4n) is 5.06. The van der Waals surface area contributed by atoms with E-state index in [-0.39, 0.29) is 41.8 Å². The van der Waals surface area contributed by atoms with Crippen LogP contribution < -0.4 is 5.32 Å². The van der Waals surface area contributed by atoms with Gasteiger partial charge in [0.15, 0.2) is 5.13 Å². The second-order valence-corrected chi connectivity index (χ2v) is 13.6. The van der Waals surface area contributed by atoms with E-state index in [0.29, 0.717) is 17.5 Å². The number of anilines is 1. The number of carbonyl (C=O) groups is 2. The van der Waals surface area contributed by atoms with Crippen LogP contribution in [-0.4, -0.2) is 60.1 Å². The molecular formula is C26H36N4O4S2. The molecule has 8 nitrogen and oxygen atoms in total. The topological polar surface area (TPSA) is 99.7 Å². The van der Waals surface area contributed by atoms with Gasteiger partial charge in [-0.25, -0.2) is 13.4 Å². The predicted molar refractivity (Wildman–Crippen MR) is 141 cm³/mol. The second kappa shape index (κ2) is 11.0. The van der Waals surface area contributed by atoms with Crippen LogP contribution in [0.3, 0.4) is 0 Å². The van der Waals surface area contributed by atoms with Gasteiger partial charge in [-0.3, -0.25) is 9.59 Å². The van der Waals surface area contributed by atoms with E-state index in [1.807, 2.05) is 12.1 Å². The summed E-state index contributed by atoms with van der Waals surface area (Å²) in [5.74, 6) is -0.217. The number of carbonyl (C=O) groups excluding carboxylic acids is 2. The van der Waals surface area contributed by atoms with Crippen molar-refractivity contribution >= 4 is 38.3 Å². The molecule has 0 spiro atoms. The van der Waals surface area contributed by atoms with E-state index < -0.39 is 16.1 Å². The SMILES string of the molecule is CC(C)(C)c1ccc(S(=O)(=O)N2CCN([C@@H](CC3CCCCC3)C(=O)Nc3nccs3)C(=O)C2)cc1. The maximum absolute atomic E-state index is 13.3. The van der Waals surface area contributed by atoms with Crippen LogP contribution >= 0.6 is 11.3 Å². The van der Waals surface area contributed by atoms with Crippen molar-refractivity contribution in [1.82, 2.24) is 14.2 Å². The van der Waals surface area contributed by atoms with Crippen molar-refractivity contribution in [2.24, 2.45) is 5.92 Å². The molecule has 4 rings (SSSR count). The number of rotatable bonds is 7. The average Bonchev–Trinajstić information content (AvgIpc) is 3.36. The van der Waals surface area contributed by atoms with Gasteiger partial charge in [-0.1, -0.05) is 65.0 Å². The summed E-state index contributed by atoms with van der Waals surface area (Å²) < 4.78 is 27.8. The van der Waals surface area contributed by atoms with E-state index in [1.165, 1.54) is 22.1 Å². The Balaban J connectivity index is 1.49. The molecule has 1 aromatic carbocycles. The summed E-state index contributed by atoms with van der Waals surface area (Å²) in [4.78, 5) is 32.5. The van der Waals surface area contributed by atoms with E-state index >= 15 is 0 Å². The number of piperazine rings is 1. The summed E-state index contributed by atoms with van der Waals surface area (Å²) >= 11 is 1.33. The van der Waals surface area contributed by atoms with Crippen molar-refractivity contribution in [2.45, 2.75) is 75.6 Å². The molecule has 0 bridgehead atoms. The van der Waals surface area contributed by atoms with E-state index in [0.717, 1.165) is 31.2 Å². The first-order valence-corrected chi connectivity index (χ1v) is 15.0. The van der Waals surface area contributed by atoms with E-state index in [4.69, 9.17) is 0 Å². The molecule has 1 aliphatic heterocycles. The standard InChI is InChI=1S/C26H36N4O4S2/c1-26(2,3)20-9-11-21(12-10-20)36(33,34)29-14-15-30(23(31)18-29)22(17-19-7-5-4-6-8-19)24(32)28-25-27-13-16-35-25/h9-13,16,19,22H,4-8,14-15,17-18H2,1-3H3,(H,27,28,32)/t22-/m0/s1. The summed E-state index contributed by atoms with van der Waals surface area (Å²) in [6.07, 6.45) is 7.79. The highest BCUT2D eigenvalue weighted by Crippen LogP contribution is 2.31. The Hall–Kier alpha value is -2.30. The lowest BCUT2D eigenvalue weighted by atomic mass is 9.84. The van der Waals surface area contributed by atoms with Crippen molar-refractivity contribution in [3.05, 3.63) is 41.4 Å². The minimum Gasteiger partial charge on any atom is -0.328 e. The van der Waals surface area contributed by atoms with Gasteiger partial charge < -0.3 is 10.2 Å². The zero-order valence-electron chi connectivity index (χ0n) is 21.3. The summed E-state index contributed by atoms with van der Waals surface area (Å²) in [5, 5.41) is 5.14. The third kappa shape index (κ3) is 6.15. The van der Waals surface area contributed by atoms with Crippen molar-refractivity contribution in [3.8, 4) is 0 Å². The van der Waals surface area contributed by atoms with Crippen molar-refractivity contribution < 1.29 is 18.0 Å². The molecule has 0 unspecified atom stereocenters. The minimum atomic E-state index is -3.82. The largest absolute Gasteiger partial charge is 0.328 e. The molecule has 36 heavy (non-hydrogen) atoms. The first-order valence-electron chi connectivity index (χ1n) is 12.7. The lowest BCUT2D eigenvalue weighted by molar-refractivity contribution is -0.142. The Kier molecular flexibility index (Phi) is 8.16. The third-order valence-corrected chi connectivity index (χ3v) is 9.75. The van der Waals surface area contributed by atoms with E-state index in [1.54, 1.807) is 28.6 Å². The average molecular weight is 533 g/mol. The molecule has 2 aliphatic rings. The van der Waals surface area contributed by atoms with Crippen LogP contribution in [0.2, 0.25) is 0 Å². The summed E-state index contributed by atoms with van der Waals surface area (Å²) in [7, 11) is -3.82. The predicted octanol–water partition coefficient (Wildman–Crippen LogP) is 4.25. The number of aromatic nitrogens is 1. The number of thiazole rings is 1. The maximum Gasteiger partial charge on any atom is 0.248 e. The number of hydrogen-bond donors (Lipinski definition) is 1. The molecule has 2 fully saturated rings. The normalized spacial score (nSPS) is 19.3. The number of nitrogens with one attached hydrogen (secondary N) is 1. The molecule has 2 aromatic rings. The molecule has 0 radical (unpaired) electrons. The van der Waals surface area contributed by atoms with E-state index in [2.05, 4.69) is 31.1 Å². The molecule has 1 saturated heterocycles. The number of nitrogens with zero attached hydrogens (tertiary/aromatic N) is 3. The van der Waals surface area contributed by atoms with Crippen molar-refractivity contribution in [3.63, 3.8) is 0 Å². The lowest BCUT2D eigenvalue weighted by Gasteiger charge is -2.39. The number of sulfonamides is 1. The molecule has 1 N–H and O–H groups in total. The summed E-state index contributed by atoms with van der Waals surface area (Å²) in [6, 6.07) is 6.24. The van der Waals surface area contributed by atoms with Crippen molar-refractivity contribution in [1.29, 1.82) is 0 Å². The highest BCUT2D eigenvalue weighted by atomic mass is 32.2. The Labute approximate surface area is 218 Å². The van der Waals surface area contributed by atoms with Crippen LogP contribution in [-0.2, 0) is 25.0 Å². The zero-order chi connectivity index (χ0) is 25.9. The van der Waals surface area contributed by atoms with Gasteiger partial charge in [0.1, 0.15) is 6.04 Å². The molecule has 1 atom stereocenters. The first kappa shape index (κ1) is 26.8. The van der Waals surface area contributed by atoms with Gasteiger partial charge in [0.25, 0.3) is 0 Å². The van der Waals surface area contributed by atoms with Gasteiger partial charge >= 0.3 is 0 Å². The van der Waals surface area contributed by atoms with Gasteiger partial charge in [0.05, 0.1) is 11.4 Å². The fraction of sp³-hybridized carbons (Fsp3) is 0.577. The Bertz CT molecular complexity index is 1150. The molecular weight excluding hydrogens is 496 g/mol. The van der Waals surface area contributed by atoms with Crippen LogP contribution in [0.25, 0.3) is 0 Å². The molecule has 10 heteroatoms. The fourth-order valence-corrected chi connectivity index (χ4v) is 6.98. The van der Waals surface area contributed by atoms with Gasteiger partial charge in [0, 0.05) is 24.7 Å². The Morgan fingerprint density at radius 1 is 1.14 bits per heavy atom. The molecule has 1 saturated carbocycles. The molecule has 1 aromatic heterocycles. The van der Waals surface area contributed by atoms with Gasteiger partial charge in [-0.05, 0) is 35.4 Å². The molecule has 2 heterocycles. The Morgan fingerprint density at radius 2 is 1.83 bits per heavy atom. The minimum absolute atomic E-state index is 0.0869. The number of amides is 2. The third-order valence-electron chi connectivity index (χ3n) is 7.20. The molecule has 2 amide bonds. The van der Waals surface area contributed by atoms with Crippen LogP contribution in [0.15, 0.2) is 40.7 Å². The van der Waals surface area contributed by atoms with Gasteiger partial charge in [0.2, 0.25) is 21.8 Å². The first-order chi connectivity index (χ1) is 17.1. The van der Waals surface area contributed by atoms with Crippen molar-refractivity contribution in [2.75, 3.05) is 25.0 Å². The lowest BCUT2D eigenvalue weighted by Crippen LogP contribution is -2.58. The Morgan fingerprint density at radius 3 is 2.42 bits per heavy atom. The van der Waals surface area contributed by atoms with Crippen LogP contribution in [0.5, 0.6) is 0 Å². The molecule has 196 valence electrons. The zero-order valence-corrected chi connectivity index (χ0v) is 22.9. The smallest absolute Gasteiger partial charge is 0.248 e. The number of hydrogen-bond acceptors (Lipinski definition) is 6. The van der Waals surface area contributed by atoms with Crippen LogP contribution in [0.4, 0.5) is 5.13 Å². The van der Waals surface area contributed by atoms with E-state index in [9.17, 15) is 18.0 Å². The number of benzene rings is 1. The summed E-state index contributed by atoms with van der Waals surface area (Å²) in [5.41, 5.74) is 0.954. The summed E-state index contributed by atoms with van der Waals surface area (Å²) in [6.45, 7) is 6.28. The second-order valence-electron chi connectivity index (χ2n) is 10.8. The quantitative estimate of drug-likeness (QED) is 0.575. The van der Waals surface area contributed by atoms with Gasteiger partial charge in [-0.2, -0.15) is 4.31 Å².